The van der Waals surface area contributed by atoms with Crippen LogP contribution in [0.5, 0.6) is 0 Å². The predicted molar refractivity (Wildman–Crippen MR) is 69.7 cm³/mol. The molecule has 0 aliphatic carbocycles. The van der Waals surface area contributed by atoms with Crippen LogP contribution in [0.4, 0.5) is 10.1 Å². The number of hydrogen-bond donors (Lipinski definition) is 1. The van der Waals surface area contributed by atoms with Crippen LogP contribution < -0.4 is 5.32 Å². The fourth-order valence-corrected chi connectivity index (χ4v) is 2.64. The van der Waals surface area contributed by atoms with Gasteiger partial charge in [0.15, 0.2) is 0 Å². The van der Waals surface area contributed by atoms with Crippen molar-refractivity contribution in [1.29, 1.82) is 0 Å². The summed E-state index contributed by atoms with van der Waals surface area (Å²) in [6.45, 7) is 7.68. The molecular weight excluding hydrogens is 215 g/mol. The minimum atomic E-state index is -0.182. The molecule has 0 aromatic heterocycles. The summed E-state index contributed by atoms with van der Waals surface area (Å²) in [5, 5.41) is 3.27. The Labute approximate surface area is 103 Å². The standard InChI is InChI=1S/C14H21FN2/c1-11-8-12(2)17(10-11)7-6-16-14-5-3-4-13(15)9-14/h3-5,9,11-12,16H,6-8,10H2,1-2H3. The van der Waals surface area contributed by atoms with E-state index < -0.39 is 0 Å². The van der Waals surface area contributed by atoms with Gasteiger partial charge in [0, 0.05) is 31.4 Å². The zero-order chi connectivity index (χ0) is 12.3. The molecule has 1 saturated heterocycles. The third-order valence-electron chi connectivity index (χ3n) is 3.47. The summed E-state index contributed by atoms with van der Waals surface area (Å²) in [6.07, 6.45) is 1.29. The van der Waals surface area contributed by atoms with Crippen molar-refractivity contribution in [2.75, 3.05) is 25.0 Å². The van der Waals surface area contributed by atoms with E-state index in [9.17, 15) is 4.39 Å². The Balaban J connectivity index is 1.76. The summed E-state index contributed by atoms with van der Waals surface area (Å²) in [7, 11) is 0. The van der Waals surface area contributed by atoms with Gasteiger partial charge >= 0.3 is 0 Å². The van der Waals surface area contributed by atoms with Crippen molar-refractivity contribution in [1.82, 2.24) is 4.90 Å². The average molecular weight is 236 g/mol. The third-order valence-corrected chi connectivity index (χ3v) is 3.47. The lowest BCUT2D eigenvalue weighted by Crippen LogP contribution is -2.32. The van der Waals surface area contributed by atoms with Crippen molar-refractivity contribution in [3.63, 3.8) is 0 Å². The highest BCUT2D eigenvalue weighted by Gasteiger charge is 2.25. The monoisotopic (exact) mass is 236 g/mol. The van der Waals surface area contributed by atoms with Crippen LogP contribution in [0, 0.1) is 11.7 Å². The van der Waals surface area contributed by atoms with E-state index in [2.05, 4.69) is 24.1 Å². The molecule has 0 saturated carbocycles. The van der Waals surface area contributed by atoms with Crippen LogP contribution in [0.25, 0.3) is 0 Å². The predicted octanol–water partition coefficient (Wildman–Crippen LogP) is 2.97. The molecule has 1 aromatic rings. The second-order valence-corrected chi connectivity index (χ2v) is 5.12. The summed E-state index contributed by atoms with van der Waals surface area (Å²) in [6, 6.07) is 7.32. The Morgan fingerprint density at radius 1 is 1.41 bits per heavy atom. The normalized spacial score (nSPS) is 25.1. The van der Waals surface area contributed by atoms with Crippen LogP contribution in [0.15, 0.2) is 24.3 Å². The third kappa shape index (κ3) is 3.43. The minimum absolute atomic E-state index is 0.182. The Morgan fingerprint density at radius 3 is 2.88 bits per heavy atom. The zero-order valence-corrected chi connectivity index (χ0v) is 10.6. The van der Waals surface area contributed by atoms with Gasteiger partial charge in [0.05, 0.1) is 0 Å². The summed E-state index contributed by atoms with van der Waals surface area (Å²) in [4.78, 5) is 2.50. The van der Waals surface area contributed by atoms with Gasteiger partial charge in [-0.3, -0.25) is 4.90 Å². The zero-order valence-electron chi connectivity index (χ0n) is 10.6. The lowest BCUT2D eigenvalue weighted by Gasteiger charge is -2.21. The van der Waals surface area contributed by atoms with Crippen molar-refractivity contribution in [3.05, 3.63) is 30.1 Å². The Kier molecular flexibility index (Phi) is 4.00. The molecular formula is C14H21FN2. The van der Waals surface area contributed by atoms with Crippen LogP contribution in [0.1, 0.15) is 20.3 Å². The van der Waals surface area contributed by atoms with Gasteiger partial charge in [-0.05, 0) is 37.5 Å². The SMILES string of the molecule is CC1CC(C)N(CCNc2cccc(F)c2)C1. The topological polar surface area (TPSA) is 15.3 Å². The molecule has 0 amide bonds. The minimum Gasteiger partial charge on any atom is -0.384 e. The van der Waals surface area contributed by atoms with E-state index >= 15 is 0 Å². The smallest absolute Gasteiger partial charge is 0.125 e. The number of rotatable bonds is 4. The molecule has 2 rings (SSSR count). The number of benzene rings is 1. The highest BCUT2D eigenvalue weighted by atomic mass is 19.1. The van der Waals surface area contributed by atoms with E-state index in [0.717, 1.165) is 24.7 Å². The van der Waals surface area contributed by atoms with Crippen molar-refractivity contribution < 1.29 is 4.39 Å². The van der Waals surface area contributed by atoms with Crippen LogP contribution in [-0.4, -0.2) is 30.6 Å². The second kappa shape index (κ2) is 5.50. The second-order valence-electron chi connectivity index (χ2n) is 5.12. The fraction of sp³-hybridized carbons (Fsp3) is 0.571. The Hall–Kier alpha value is -1.09. The maximum atomic E-state index is 13.0. The summed E-state index contributed by atoms with van der Waals surface area (Å²) in [5.74, 6) is 0.623. The molecule has 1 N–H and O–H groups in total. The van der Waals surface area contributed by atoms with Gasteiger partial charge in [0.1, 0.15) is 5.82 Å². The van der Waals surface area contributed by atoms with Gasteiger partial charge in [-0.25, -0.2) is 4.39 Å². The first-order valence-corrected chi connectivity index (χ1v) is 6.38. The molecule has 1 aliphatic rings. The molecule has 2 unspecified atom stereocenters. The largest absolute Gasteiger partial charge is 0.384 e. The van der Waals surface area contributed by atoms with Crippen LogP contribution in [0.2, 0.25) is 0 Å². The van der Waals surface area contributed by atoms with Crippen molar-refractivity contribution in [2.45, 2.75) is 26.3 Å². The van der Waals surface area contributed by atoms with E-state index in [4.69, 9.17) is 0 Å². The molecule has 17 heavy (non-hydrogen) atoms. The van der Waals surface area contributed by atoms with Gasteiger partial charge in [-0.15, -0.1) is 0 Å². The highest BCUT2D eigenvalue weighted by Crippen LogP contribution is 2.21. The first-order valence-electron chi connectivity index (χ1n) is 6.38. The molecule has 1 fully saturated rings. The lowest BCUT2D eigenvalue weighted by molar-refractivity contribution is 0.275. The Morgan fingerprint density at radius 2 is 2.24 bits per heavy atom. The van der Waals surface area contributed by atoms with Gasteiger partial charge in [0.2, 0.25) is 0 Å². The average Bonchev–Trinajstić information content (AvgIpc) is 2.58. The van der Waals surface area contributed by atoms with Crippen molar-refractivity contribution in [3.8, 4) is 0 Å². The number of likely N-dealkylation sites (tertiary alicyclic amines) is 1. The van der Waals surface area contributed by atoms with E-state index in [-0.39, 0.29) is 5.82 Å². The number of anilines is 1. The van der Waals surface area contributed by atoms with E-state index in [1.165, 1.54) is 25.1 Å². The maximum absolute atomic E-state index is 13.0. The molecule has 1 aliphatic heterocycles. The quantitative estimate of drug-likeness (QED) is 0.864. The lowest BCUT2D eigenvalue weighted by atomic mass is 10.1. The van der Waals surface area contributed by atoms with Gasteiger partial charge in [-0.2, -0.15) is 0 Å². The molecule has 2 atom stereocenters. The van der Waals surface area contributed by atoms with Crippen molar-refractivity contribution in [2.24, 2.45) is 5.92 Å². The van der Waals surface area contributed by atoms with Gasteiger partial charge in [0.25, 0.3) is 0 Å². The molecule has 94 valence electrons. The van der Waals surface area contributed by atoms with Gasteiger partial charge < -0.3 is 5.32 Å². The maximum Gasteiger partial charge on any atom is 0.125 e. The van der Waals surface area contributed by atoms with E-state index in [0.29, 0.717) is 6.04 Å². The van der Waals surface area contributed by atoms with E-state index in [1.807, 2.05) is 6.07 Å². The molecule has 0 spiro atoms. The number of hydrogen-bond acceptors (Lipinski definition) is 2. The fourth-order valence-electron chi connectivity index (χ4n) is 2.64. The number of nitrogens with one attached hydrogen (secondary N) is 1. The Bertz CT molecular complexity index is 367. The van der Waals surface area contributed by atoms with Crippen LogP contribution in [0.3, 0.4) is 0 Å². The summed E-state index contributed by atoms with van der Waals surface area (Å²) < 4.78 is 13.0. The molecule has 1 heterocycles. The summed E-state index contributed by atoms with van der Waals surface area (Å²) >= 11 is 0. The van der Waals surface area contributed by atoms with Crippen molar-refractivity contribution >= 4 is 5.69 Å². The first-order chi connectivity index (χ1) is 8.15. The molecule has 0 radical (unpaired) electrons. The first kappa shape index (κ1) is 12.4. The van der Waals surface area contributed by atoms with Crippen LogP contribution >= 0.6 is 0 Å². The molecule has 0 bridgehead atoms. The summed E-state index contributed by atoms with van der Waals surface area (Å²) in [5.41, 5.74) is 0.866. The number of halogens is 1. The van der Waals surface area contributed by atoms with E-state index in [1.54, 1.807) is 6.07 Å². The molecule has 2 nitrogen and oxygen atoms in total. The number of nitrogens with zero attached hydrogens (tertiary/aromatic N) is 1. The highest BCUT2D eigenvalue weighted by molar-refractivity contribution is 5.42. The molecule has 3 heteroatoms. The molecule has 1 aromatic carbocycles. The van der Waals surface area contributed by atoms with Crippen LogP contribution in [-0.2, 0) is 0 Å². The van der Waals surface area contributed by atoms with Gasteiger partial charge in [-0.1, -0.05) is 13.0 Å².